The maximum atomic E-state index is 12.0. The first-order valence-corrected chi connectivity index (χ1v) is 7.02. The minimum absolute atomic E-state index is 0.0956. The van der Waals surface area contributed by atoms with Crippen LogP contribution in [0.2, 0.25) is 5.02 Å². The van der Waals surface area contributed by atoms with E-state index in [1.807, 2.05) is 25.2 Å². The first-order valence-electron chi connectivity index (χ1n) is 6.64. The zero-order valence-corrected chi connectivity index (χ0v) is 12.7. The lowest BCUT2D eigenvalue weighted by atomic mass is 10.0. The fraction of sp³-hybridized carbons (Fsp3) is 0.533. The van der Waals surface area contributed by atoms with Crippen LogP contribution in [-0.4, -0.2) is 30.4 Å². The number of hydrogen-bond donors (Lipinski definition) is 1. The molecule has 0 aliphatic carbocycles. The van der Waals surface area contributed by atoms with Gasteiger partial charge in [-0.1, -0.05) is 37.6 Å². The number of hydrogen-bond acceptors (Lipinski definition) is 2. The first-order chi connectivity index (χ1) is 8.90. The highest BCUT2D eigenvalue weighted by atomic mass is 35.5. The third kappa shape index (κ3) is 5.62. The molecule has 1 aromatic rings. The van der Waals surface area contributed by atoms with E-state index in [0.717, 1.165) is 12.0 Å². The molecule has 1 amide bonds. The molecule has 0 fully saturated rings. The zero-order chi connectivity index (χ0) is 14.4. The Balaban J connectivity index is 2.45. The number of rotatable bonds is 6. The van der Waals surface area contributed by atoms with Gasteiger partial charge in [0.1, 0.15) is 0 Å². The Bertz CT molecular complexity index is 420. The topological polar surface area (TPSA) is 46.3 Å². The van der Waals surface area contributed by atoms with Crippen molar-refractivity contribution in [3.63, 3.8) is 0 Å². The number of carbonyl (C=O) groups is 1. The molecule has 0 radical (unpaired) electrons. The summed E-state index contributed by atoms with van der Waals surface area (Å²) in [5.41, 5.74) is 6.92. The van der Waals surface area contributed by atoms with E-state index in [2.05, 4.69) is 13.8 Å². The van der Waals surface area contributed by atoms with E-state index in [-0.39, 0.29) is 11.9 Å². The van der Waals surface area contributed by atoms with Crippen molar-refractivity contribution in [1.29, 1.82) is 0 Å². The van der Waals surface area contributed by atoms with Gasteiger partial charge < -0.3 is 10.6 Å². The van der Waals surface area contributed by atoms with E-state index in [9.17, 15) is 4.79 Å². The lowest BCUT2D eigenvalue weighted by Crippen LogP contribution is -2.35. The summed E-state index contributed by atoms with van der Waals surface area (Å²) < 4.78 is 0. The lowest BCUT2D eigenvalue weighted by molar-refractivity contribution is -0.129. The molecule has 4 heteroatoms. The zero-order valence-electron chi connectivity index (χ0n) is 11.9. The van der Waals surface area contributed by atoms with E-state index >= 15 is 0 Å². The number of benzene rings is 1. The van der Waals surface area contributed by atoms with Gasteiger partial charge in [0.25, 0.3) is 0 Å². The molecule has 0 heterocycles. The van der Waals surface area contributed by atoms with Crippen LogP contribution in [0, 0.1) is 5.92 Å². The minimum atomic E-state index is 0.0956. The van der Waals surface area contributed by atoms with Crippen LogP contribution in [0.5, 0.6) is 0 Å². The van der Waals surface area contributed by atoms with Crippen molar-refractivity contribution in [2.45, 2.75) is 32.7 Å². The van der Waals surface area contributed by atoms with Crippen LogP contribution in [0.1, 0.15) is 25.8 Å². The molecule has 19 heavy (non-hydrogen) atoms. The van der Waals surface area contributed by atoms with Crippen LogP contribution in [-0.2, 0) is 11.2 Å². The molecule has 2 N–H and O–H groups in total. The highest BCUT2D eigenvalue weighted by Gasteiger charge is 2.13. The molecular weight excluding hydrogens is 260 g/mol. The van der Waals surface area contributed by atoms with Crippen LogP contribution in [0.25, 0.3) is 0 Å². The van der Waals surface area contributed by atoms with Crippen molar-refractivity contribution in [3.05, 3.63) is 34.9 Å². The molecule has 0 aliphatic heterocycles. The van der Waals surface area contributed by atoms with Gasteiger partial charge in [-0.05, 0) is 30.0 Å². The van der Waals surface area contributed by atoms with Crippen LogP contribution >= 0.6 is 11.6 Å². The lowest BCUT2D eigenvalue weighted by Gasteiger charge is -2.21. The molecule has 0 aromatic heterocycles. The van der Waals surface area contributed by atoms with Gasteiger partial charge in [0, 0.05) is 24.7 Å². The Morgan fingerprint density at radius 3 is 2.68 bits per heavy atom. The molecule has 1 atom stereocenters. The molecule has 0 saturated carbocycles. The molecule has 1 rings (SSSR count). The fourth-order valence-electron chi connectivity index (χ4n) is 1.76. The number of carbonyl (C=O) groups excluding carboxylic acids is 1. The smallest absolute Gasteiger partial charge is 0.226 e. The summed E-state index contributed by atoms with van der Waals surface area (Å²) in [5.74, 6) is 0.537. The Kier molecular flexibility index (Phi) is 6.32. The third-order valence-electron chi connectivity index (χ3n) is 3.32. The molecular formula is C15H23ClN2O. The summed E-state index contributed by atoms with van der Waals surface area (Å²) in [7, 11) is 1.82. The second-order valence-electron chi connectivity index (χ2n) is 5.32. The second-order valence-corrected chi connectivity index (χ2v) is 5.75. The van der Waals surface area contributed by atoms with Crippen LogP contribution in [0.15, 0.2) is 24.3 Å². The third-order valence-corrected chi connectivity index (χ3v) is 3.56. The van der Waals surface area contributed by atoms with Gasteiger partial charge in [-0.2, -0.15) is 0 Å². The Morgan fingerprint density at radius 1 is 1.42 bits per heavy atom. The van der Waals surface area contributed by atoms with Crippen molar-refractivity contribution in [1.82, 2.24) is 4.90 Å². The van der Waals surface area contributed by atoms with Gasteiger partial charge in [0.2, 0.25) is 5.91 Å². The molecule has 3 nitrogen and oxygen atoms in total. The number of nitrogens with zero attached hydrogens (tertiary/aromatic N) is 1. The number of likely N-dealkylation sites (N-methyl/N-ethyl adjacent to an activating group) is 1. The minimum Gasteiger partial charge on any atom is -0.345 e. The van der Waals surface area contributed by atoms with Crippen molar-refractivity contribution in [2.75, 3.05) is 13.6 Å². The van der Waals surface area contributed by atoms with Crippen molar-refractivity contribution in [3.8, 4) is 0 Å². The maximum absolute atomic E-state index is 12.0. The van der Waals surface area contributed by atoms with Crippen molar-refractivity contribution in [2.24, 2.45) is 11.7 Å². The molecule has 1 unspecified atom stereocenters. The fourth-order valence-corrected chi connectivity index (χ4v) is 1.97. The van der Waals surface area contributed by atoms with E-state index in [4.69, 9.17) is 17.3 Å². The highest BCUT2D eigenvalue weighted by molar-refractivity contribution is 6.30. The molecule has 0 spiro atoms. The normalized spacial score (nSPS) is 12.5. The van der Waals surface area contributed by atoms with E-state index in [0.29, 0.717) is 23.9 Å². The quantitative estimate of drug-likeness (QED) is 0.872. The van der Waals surface area contributed by atoms with Gasteiger partial charge in [0.15, 0.2) is 0 Å². The van der Waals surface area contributed by atoms with Gasteiger partial charge in [-0.3, -0.25) is 4.79 Å². The van der Waals surface area contributed by atoms with E-state index in [1.54, 1.807) is 11.0 Å². The second kappa shape index (κ2) is 7.51. The number of halogens is 1. The van der Waals surface area contributed by atoms with Gasteiger partial charge in [-0.25, -0.2) is 0 Å². The summed E-state index contributed by atoms with van der Waals surface area (Å²) in [6, 6.07) is 7.55. The molecule has 0 bridgehead atoms. The van der Waals surface area contributed by atoms with Gasteiger partial charge >= 0.3 is 0 Å². The Hall–Kier alpha value is -1.06. The number of amides is 1. The predicted octanol–water partition coefficient (Wildman–Crippen LogP) is 2.71. The summed E-state index contributed by atoms with van der Waals surface area (Å²) in [4.78, 5) is 13.8. The number of nitrogens with two attached hydrogens (primary N) is 1. The average Bonchev–Trinajstić information content (AvgIpc) is 2.35. The van der Waals surface area contributed by atoms with E-state index in [1.165, 1.54) is 0 Å². The molecule has 0 saturated heterocycles. The standard InChI is InChI=1S/C15H23ClN2O/c1-11(2)14(17)7-8-18(3)15(19)10-12-5-4-6-13(16)9-12/h4-6,9,11,14H,7-8,10,17H2,1-3H3. The average molecular weight is 283 g/mol. The highest BCUT2D eigenvalue weighted by Crippen LogP contribution is 2.12. The van der Waals surface area contributed by atoms with E-state index < -0.39 is 0 Å². The van der Waals surface area contributed by atoms with Crippen molar-refractivity contribution < 1.29 is 4.79 Å². The largest absolute Gasteiger partial charge is 0.345 e. The Morgan fingerprint density at radius 2 is 2.11 bits per heavy atom. The van der Waals surface area contributed by atoms with Crippen molar-refractivity contribution >= 4 is 17.5 Å². The SMILES string of the molecule is CC(C)C(N)CCN(C)C(=O)Cc1cccc(Cl)c1. The molecule has 1 aromatic carbocycles. The first kappa shape index (κ1) is 16.0. The van der Waals surface area contributed by atoms with Crippen LogP contribution in [0.3, 0.4) is 0 Å². The maximum Gasteiger partial charge on any atom is 0.226 e. The predicted molar refractivity (Wildman–Crippen MR) is 80.2 cm³/mol. The monoisotopic (exact) mass is 282 g/mol. The molecule has 106 valence electrons. The Labute approximate surface area is 120 Å². The summed E-state index contributed by atoms with van der Waals surface area (Å²) in [5, 5.41) is 0.662. The summed E-state index contributed by atoms with van der Waals surface area (Å²) >= 11 is 5.90. The van der Waals surface area contributed by atoms with Crippen LogP contribution in [0.4, 0.5) is 0 Å². The van der Waals surface area contributed by atoms with Gasteiger partial charge in [0.05, 0.1) is 6.42 Å². The molecule has 0 aliphatic rings. The van der Waals surface area contributed by atoms with Gasteiger partial charge in [-0.15, -0.1) is 0 Å². The van der Waals surface area contributed by atoms with Crippen LogP contribution < -0.4 is 5.73 Å². The summed E-state index contributed by atoms with van der Waals surface area (Å²) in [6.07, 6.45) is 1.21. The summed E-state index contributed by atoms with van der Waals surface area (Å²) in [6.45, 7) is 4.88.